The number of carbonyl (C=O) groups excluding carboxylic acids is 5. The van der Waals surface area contributed by atoms with Crippen molar-refractivity contribution in [3.05, 3.63) is 11.1 Å². The Labute approximate surface area is 278 Å². The number of fused-ring (bicyclic) bond motifs is 1. The number of carboxylic acid groups (broad SMARTS) is 1. The number of β-lactam (4-membered cyclic amide) rings is 1. The third-order valence-corrected chi connectivity index (χ3v) is 9.35. The van der Waals surface area contributed by atoms with Gasteiger partial charge >= 0.3 is 24.1 Å². The molecule has 47 heavy (non-hydrogen) atoms. The number of rotatable bonds is 11. The van der Waals surface area contributed by atoms with Gasteiger partial charge < -0.3 is 29.6 Å². The van der Waals surface area contributed by atoms with Crippen molar-refractivity contribution in [1.82, 2.24) is 25.1 Å². The number of nitrogens with zero attached hydrogens (tertiary/aromatic N) is 5. The first-order valence-electron chi connectivity index (χ1n) is 14.5. The Hall–Kier alpha value is -4.17. The molecule has 3 aliphatic rings. The molecule has 0 radical (unpaired) electrons. The van der Waals surface area contributed by atoms with Gasteiger partial charge in [-0.05, 0) is 40.5 Å². The summed E-state index contributed by atoms with van der Waals surface area (Å²) in [5, 5.41) is 20.6. The van der Waals surface area contributed by atoms with Crippen LogP contribution in [0.15, 0.2) is 10.5 Å². The van der Waals surface area contributed by atoms with E-state index in [1.165, 1.54) is 24.1 Å². The van der Waals surface area contributed by atoms with Crippen molar-refractivity contribution >= 4 is 69.8 Å². The highest BCUT2D eigenvalue weighted by atomic mass is 32.2. The maximum atomic E-state index is 13.7. The number of anilines is 1. The van der Waals surface area contributed by atoms with Crippen LogP contribution in [0.4, 0.5) is 14.7 Å². The van der Waals surface area contributed by atoms with Crippen LogP contribution in [0.3, 0.4) is 0 Å². The van der Waals surface area contributed by atoms with Gasteiger partial charge in [0.1, 0.15) is 22.7 Å². The number of thiazole rings is 1. The Morgan fingerprint density at radius 2 is 1.87 bits per heavy atom. The smallest absolute Gasteiger partial charge is 0.413 e. The number of nitrogens with two attached hydrogens (primary N) is 1. The average Bonchev–Trinajstić information content (AvgIpc) is 3.66. The molecule has 5 N–H and O–H groups in total. The number of esters is 1. The molecule has 4 rings (SSSR count). The minimum Gasteiger partial charge on any atom is -0.479 e. The first kappa shape index (κ1) is 35.7. The number of aliphatic carboxylic acids is 1. The summed E-state index contributed by atoms with van der Waals surface area (Å²) in [6.45, 7) is 11.5. The maximum Gasteiger partial charge on any atom is 0.413 e. The number of ether oxygens (including phenoxy) is 2. The Balaban J connectivity index is 1.57. The summed E-state index contributed by atoms with van der Waals surface area (Å²) < 4.78 is 10.5. The summed E-state index contributed by atoms with van der Waals surface area (Å²) in [5.41, 5.74) is -2.95. The van der Waals surface area contributed by atoms with Crippen LogP contribution in [0.1, 0.15) is 54.2 Å². The number of carboxylic acids is 1. The van der Waals surface area contributed by atoms with Crippen LogP contribution >= 0.6 is 23.1 Å². The molecule has 1 unspecified atom stereocenters. The number of nitrogens with one attached hydrogen (secondary N) is 2. The van der Waals surface area contributed by atoms with Crippen LogP contribution in [0.5, 0.6) is 0 Å². The Morgan fingerprint density at radius 1 is 1.19 bits per heavy atom. The summed E-state index contributed by atoms with van der Waals surface area (Å²) in [4.78, 5) is 87.1. The molecule has 0 spiro atoms. The van der Waals surface area contributed by atoms with Crippen molar-refractivity contribution in [3.63, 3.8) is 0 Å². The maximum absolute atomic E-state index is 13.7. The topological polar surface area (TPSA) is 235 Å². The fraction of sp³-hybridized carbons (Fsp3) is 0.630. The van der Waals surface area contributed by atoms with E-state index in [0.29, 0.717) is 0 Å². The van der Waals surface area contributed by atoms with Crippen molar-refractivity contribution in [1.29, 1.82) is 0 Å². The lowest BCUT2D eigenvalue weighted by molar-refractivity contribution is -0.169. The van der Waals surface area contributed by atoms with Gasteiger partial charge in [-0.2, -0.15) is 0 Å². The zero-order chi connectivity index (χ0) is 35.1. The first-order valence-corrected chi connectivity index (χ1v) is 16.3. The summed E-state index contributed by atoms with van der Waals surface area (Å²) >= 11 is 1.78. The molecule has 0 aliphatic carbocycles. The number of carbonyl (C=O) groups is 6. The van der Waals surface area contributed by atoms with Gasteiger partial charge in [-0.15, -0.1) is 11.3 Å². The molecule has 0 aromatic carbocycles. The second-order valence-corrected chi connectivity index (χ2v) is 15.1. The molecule has 5 amide bonds. The predicted molar refractivity (Wildman–Crippen MR) is 168 cm³/mol. The minimum atomic E-state index is -1.82. The quantitative estimate of drug-likeness (QED) is 0.0631. The van der Waals surface area contributed by atoms with Gasteiger partial charge in [0, 0.05) is 11.9 Å². The molecule has 0 saturated carbocycles. The Morgan fingerprint density at radius 3 is 2.45 bits per heavy atom. The fourth-order valence-corrected chi connectivity index (χ4v) is 6.87. The van der Waals surface area contributed by atoms with E-state index in [1.807, 2.05) is 13.8 Å². The number of hydrogen-bond acceptors (Lipinski definition) is 14. The molecule has 3 saturated heterocycles. The van der Waals surface area contributed by atoms with Crippen molar-refractivity contribution in [2.24, 2.45) is 16.9 Å². The molecule has 18 nitrogen and oxygen atoms in total. The van der Waals surface area contributed by atoms with Gasteiger partial charge in [0.05, 0.1) is 19.7 Å². The van der Waals surface area contributed by atoms with Gasteiger partial charge in [-0.1, -0.05) is 30.8 Å². The van der Waals surface area contributed by atoms with E-state index in [1.54, 1.807) is 20.8 Å². The van der Waals surface area contributed by atoms with E-state index in [2.05, 4.69) is 20.8 Å². The SMILES string of the molecule is CC(C)COC(=O)C(C)(C)O/N=C(\C(=O)NC1C(=O)N2C[C@@](C(=O)O)(N3CCN(N)C3=O)S[C@H]12)c1csc(NC(=O)OC(C)(C)C)n1. The highest BCUT2D eigenvalue weighted by molar-refractivity contribution is 8.02. The fourth-order valence-electron chi connectivity index (χ4n) is 4.55. The van der Waals surface area contributed by atoms with E-state index in [9.17, 15) is 33.9 Å². The monoisotopic (exact) mass is 698 g/mol. The molecule has 3 fully saturated rings. The van der Waals surface area contributed by atoms with Crippen LogP contribution in [0.25, 0.3) is 0 Å². The summed E-state index contributed by atoms with van der Waals surface area (Å²) in [6, 6.07) is -1.90. The Kier molecular flexibility index (Phi) is 9.98. The van der Waals surface area contributed by atoms with Gasteiger partial charge in [0.2, 0.25) is 16.4 Å². The van der Waals surface area contributed by atoms with E-state index in [0.717, 1.165) is 33.0 Å². The van der Waals surface area contributed by atoms with Crippen LogP contribution in [0, 0.1) is 5.92 Å². The number of hydrogen-bond donors (Lipinski definition) is 4. The number of hydrazine groups is 1. The number of thioether (sulfide) groups is 1. The molecule has 4 heterocycles. The molecule has 258 valence electrons. The van der Waals surface area contributed by atoms with Gasteiger partial charge in [-0.25, -0.2) is 30.0 Å². The average molecular weight is 699 g/mol. The largest absolute Gasteiger partial charge is 0.479 e. The normalized spacial score (nSPS) is 23.0. The van der Waals surface area contributed by atoms with Gasteiger partial charge in [0.15, 0.2) is 10.8 Å². The van der Waals surface area contributed by atoms with Gasteiger partial charge in [-0.3, -0.25) is 24.8 Å². The second-order valence-electron chi connectivity index (χ2n) is 12.8. The van der Waals surface area contributed by atoms with Crippen molar-refractivity contribution in [2.75, 3.05) is 31.6 Å². The highest BCUT2D eigenvalue weighted by Gasteiger charge is 2.66. The zero-order valence-electron chi connectivity index (χ0n) is 26.9. The zero-order valence-corrected chi connectivity index (χ0v) is 28.5. The molecule has 1 aromatic heterocycles. The third-order valence-electron chi connectivity index (χ3n) is 6.91. The van der Waals surface area contributed by atoms with Crippen LogP contribution in [-0.2, 0) is 33.5 Å². The third kappa shape index (κ3) is 7.54. The predicted octanol–water partition coefficient (Wildman–Crippen LogP) is 0.981. The van der Waals surface area contributed by atoms with E-state index in [-0.39, 0.29) is 43.0 Å². The van der Waals surface area contributed by atoms with Crippen LogP contribution in [0.2, 0.25) is 0 Å². The second kappa shape index (κ2) is 13.1. The van der Waals surface area contributed by atoms with E-state index in [4.69, 9.17) is 20.2 Å². The summed E-state index contributed by atoms with van der Waals surface area (Å²) in [7, 11) is 0. The van der Waals surface area contributed by atoms with Crippen molar-refractivity contribution in [3.8, 4) is 0 Å². The van der Waals surface area contributed by atoms with E-state index < -0.39 is 69.1 Å². The lowest BCUT2D eigenvalue weighted by atomic mass is 10.1. The number of aromatic nitrogens is 1. The van der Waals surface area contributed by atoms with Crippen molar-refractivity contribution < 1.29 is 48.2 Å². The van der Waals surface area contributed by atoms with E-state index >= 15 is 0 Å². The summed E-state index contributed by atoms with van der Waals surface area (Å²) in [6.07, 6.45) is -0.791. The molecular weight excluding hydrogens is 660 g/mol. The first-order chi connectivity index (χ1) is 21.8. The highest BCUT2D eigenvalue weighted by Crippen LogP contribution is 2.49. The summed E-state index contributed by atoms with van der Waals surface area (Å²) in [5.74, 6) is 2.11. The molecule has 3 aliphatic heterocycles. The van der Waals surface area contributed by atoms with Gasteiger partial charge in [0.25, 0.3) is 5.91 Å². The molecule has 3 atom stereocenters. The lowest BCUT2D eigenvalue weighted by Gasteiger charge is -2.41. The number of urea groups is 1. The number of oxime groups is 1. The lowest BCUT2D eigenvalue weighted by Crippen LogP contribution is -2.68. The van der Waals surface area contributed by atoms with Crippen LogP contribution in [-0.4, -0.2) is 120 Å². The molecular formula is C27H38N8O10S2. The molecule has 20 heteroatoms. The number of amides is 5. The standard InChI is InChI=1S/C27H38N8O10S2/c1-13(2)10-43-21(40)26(6,7)45-32-15(14-11-46-22(29-14)31-23(41)44-25(3,4)5)17(36)30-16-18(37)33-12-27(20(38)39,47-19(16)33)34-8-9-35(28)24(34)42/h11,13,16,19H,8-10,12,28H2,1-7H3,(H,30,36)(H,38,39)(H,29,31,41)/b32-15-/t16?,19-,27-/m1/s1. The van der Waals surface area contributed by atoms with Crippen LogP contribution < -0.4 is 16.5 Å². The molecule has 0 bridgehead atoms. The minimum absolute atomic E-state index is 0.0352. The Bertz CT molecular complexity index is 1490. The molecule has 1 aromatic rings. The van der Waals surface area contributed by atoms with Crippen molar-refractivity contribution in [2.45, 2.75) is 76.0 Å².